The van der Waals surface area contributed by atoms with Crippen molar-refractivity contribution in [1.82, 2.24) is 4.90 Å². The minimum absolute atomic E-state index is 0.0895. The van der Waals surface area contributed by atoms with Crippen LogP contribution < -0.4 is 16.2 Å². The molecule has 0 aliphatic heterocycles. The zero-order chi connectivity index (χ0) is 12.1. The van der Waals surface area contributed by atoms with E-state index in [1.807, 2.05) is 0 Å². The molecule has 6 nitrogen and oxygen atoms in total. The average molecular weight is 222 g/mol. The fourth-order valence-corrected chi connectivity index (χ4v) is 0.960. The Balaban J connectivity index is 2.96. The van der Waals surface area contributed by atoms with Gasteiger partial charge < -0.3 is 21.1 Å². The Labute approximate surface area is 93.5 Å². The molecule has 0 radical (unpaired) electrons. The quantitative estimate of drug-likeness (QED) is 0.567. The van der Waals surface area contributed by atoms with Crippen molar-refractivity contribution in [3.05, 3.63) is 24.3 Å². The third-order valence-corrected chi connectivity index (χ3v) is 1.68. The summed E-state index contributed by atoms with van der Waals surface area (Å²) < 4.78 is 5.08. The van der Waals surface area contributed by atoms with Gasteiger partial charge in [0.05, 0.1) is 0 Å². The van der Waals surface area contributed by atoms with Crippen LogP contribution in [0.25, 0.3) is 0 Å². The van der Waals surface area contributed by atoms with E-state index in [0.717, 1.165) is 0 Å². The van der Waals surface area contributed by atoms with Crippen LogP contribution in [0, 0.1) is 0 Å². The third-order valence-electron chi connectivity index (χ3n) is 1.68. The van der Waals surface area contributed by atoms with Gasteiger partial charge in [-0.3, -0.25) is 0 Å². The van der Waals surface area contributed by atoms with Gasteiger partial charge in [0, 0.05) is 14.1 Å². The predicted octanol–water partition coefficient (Wildman–Crippen LogP) is 0.652. The lowest BCUT2D eigenvalue weighted by molar-refractivity contribution is 0.172. The molecule has 0 aliphatic rings. The first-order chi connectivity index (χ1) is 7.50. The van der Waals surface area contributed by atoms with Gasteiger partial charge in [0.15, 0.2) is 11.7 Å². The summed E-state index contributed by atoms with van der Waals surface area (Å²) in [6, 6.07) is 6.74. The van der Waals surface area contributed by atoms with Crippen LogP contribution in [-0.4, -0.2) is 31.0 Å². The molecule has 0 saturated heterocycles. The highest BCUT2D eigenvalue weighted by Gasteiger charge is 2.09. The van der Waals surface area contributed by atoms with Crippen LogP contribution in [0.2, 0.25) is 0 Å². The summed E-state index contributed by atoms with van der Waals surface area (Å²) in [6.45, 7) is 0. The van der Waals surface area contributed by atoms with Gasteiger partial charge in [-0.25, -0.2) is 9.79 Å². The molecule has 4 N–H and O–H groups in total. The van der Waals surface area contributed by atoms with Gasteiger partial charge in [-0.05, 0) is 12.1 Å². The van der Waals surface area contributed by atoms with E-state index in [1.165, 1.54) is 4.90 Å². The molecule has 6 heteroatoms. The number of rotatable bonds is 2. The Morgan fingerprint density at radius 1 is 1.31 bits per heavy atom. The maximum absolute atomic E-state index is 11.3. The number of ether oxygens (including phenoxy) is 1. The van der Waals surface area contributed by atoms with Crippen molar-refractivity contribution in [2.75, 3.05) is 14.1 Å². The molecule has 0 heterocycles. The lowest BCUT2D eigenvalue weighted by Gasteiger charge is -2.11. The van der Waals surface area contributed by atoms with Crippen molar-refractivity contribution in [2.45, 2.75) is 0 Å². The fourth-order valence-electron chi connectivity index (χ4n) is 0.960. The van der Waals surface area contributed by atoms with E-state index in [4.69, 9.17) is 16.2 Å². The topological polar surface area (TPSA) is 93.9 Å². The maximum atomic E-state index is 11.3. The molecule has 16 heavy (non-hydrogen) atoms. The Morgan fingerprint density at radius 3 is 2.50 bits per heavy atom. The monoisotopic (exact) mass is 222 g/mol. The van der Waals surface area contributed by atoms with Crippen molar-refractivity contribution in [2.24, 2.45) is 16.5 Å². The molecule has 0 bridgehead atoms. The molecule has 0 aliphatic carbocycles. The van der Waals surface area contributed by atoms with Gasteiger partial charge in [-0.1, -0.05) is 12.1 Å². The first-order valence-corrected chi connectivity index (χ1v) is 4.58. The molecule has 1 amide bonds. The van der Waals surface area contributed by atoms with Crippen LogP contribution in [0.5, 0.6) is 5.75 Å². The van der Waals surface area contributed by atoms with Crippen molar-refractivity contribution in [1.29, 1.82) is 0 Å². The van der Waals surface area contributed by atoms with E-state index >= 15 is 0 Å². The van der Waals surface area contributed by atoms with Crippen molar-refractivity contribution >= 4 is 17.7 Å². The van der Waals surface area contributed by atoms with Crippen LogP contribution in [0.4, 0.5) is 10.5 Å². The number of hydrogen-bond acceptors (Lipinski definition) is 3. The van der Waals surface area contributed by atoms with E-state index in [1.54, 1.807) is 38.4 Å². The molecule has 1 aromatic rings. The van der Waals surface area contributed by atoms with Crippen molar-refractivity contribution < 1.29 is 9.53 Å². The maximum Gasteiger partial charge on any atom is 0.414 e. The Hall–Kier alpha value is -2.24. The Bertz CT molecular complexity index is 411. The second kappa shape index (κ2) is 5.01. The van der Waals surface area contributed by atoms with Crippen molar-refractivity contribution in [3.8, 4) is 5.75 Å². The molecule has 1 rings (SSSR count). The lowest BCUT2D eigenvalue weighted by atomic mass is 10.3. The van der Waals surface area contributed by atoms with Gasteiger partial charge in [-0.2, -0.15) is 0 Å². The Morgan fingerprint density at radius 2 is 1.94 bits per heavy atom. The molecule has 0 fully saturated rings. The molecular formula is C10H14N4O2. The van der Waals surface area contributed by atoms with E-state index in [0.29, 0.717) is 11.4 Å². The number of para-hydroxylation sites is 2. The molecule has 0 unspecified atom stereocenters. The highest BCUT2D eigenvalue weighted by atomic mass is 16.6. The lowest BCUT2D eigenvalue weighted by Crippen LogP contribution is -2.25. The van der Waals surface area contributed by atoms with E-state index in [9.17, 15) is 4.79 Å². The number of nitrogens with zero attached hydrogens (tertiary/aromatic N) is 2. The normalized spacial score (nSPS) is 9.38. The van der Waals surface area contributed by atoms with Gasteiger partial charge in [-0.15, -0.1) is 0 Å². The second-order valence-electron chi connectivity index (χ2n) is 3.27. The highest BCUT2D eigenvalue weighted by molar-refractivity contribution is 5.81. The van der Waals surface area contributed by atoms with Crippen LogP contribution in [0.1, 0.15) is 0 Å². The van der Waals surface area contributed by atoms with Crippen LogP contribution in [0.3, 0.4) is 0 Å². The second-order valence-corrected chi connectivity index (χ2v) is 3.27. The first-order valence-electron chi connectivity index (χ1n) is 4.58. The predicted molar refractivity (Wildman–Crippen MR) is 61.6 cm³/mol. The van der Waals surface area contributed by atoms with E-state index < -0.39 is 6.09 Å². The number of guanidine groups is 1. The number of hydrogen-bond donors (Lipinski definition) is 2. The summed E-state index contributed by atoms with van der Waals surface area (Å²) in [6.07, 6.45) is -0.488. The SMILES string of the molecule is CN(C)C(=O)Oc1ccccc1N=C(N)N. The smallest absolute Gasteiger partial charge is 0.408 e. The zero-order valence-electron chi connectivity index (χ0n) is 9.18. The number of aliphatic imine (C=N–C) groups is 1. The van der Waals surface area contributed by atoms with Gasteiger partial charge in [0.25, 0.3) is 0 Å². The summed E-state index contributed by atoms with van der Waals surface area (Å²) in [5.41, 5.74) is 10.9. The van der Waals surface area contributed by atoms with Gasteiger partial charge in [0.2, 0.25) is 0 Å². The van der Waals surface area contributed by atoms with E-state index in [2.05, 4.69) is 4.99 Å². The average Bonchev–Trinajstić information content (AvgIpc) is 2.20. The molecule has 0 spiro atoms. The number of carbonyl (C=O) groups is 1. The molecule has 0 atom stereocenters. The van der Waals surface area contributed by atoms with Crippen LogP contribution in [-0.2, 0) is 0 Å². The minimum atomic E-state index is -0.488. The summed E-state index contributed by atoms with van der Waals surface area (Å²) in [5, 5.41) is 0. The molecule has 86 valence electrons. The number of carbonyl (C=O) groups excluding carboxylic acids is 1. The summed E-state index contributed by atoms with van der Waals surface area (Å²) >= 11 is 0. The summed E-state index contributed by atoms with van der Waals surface area (Å²) in [7, 11) is 3.18. The molecule has 1 aromatic carbocycles. The van der Waals surface area contributed by atoms with Crippen molar-refractivity contribution in [3.63, 3.8) is 0 Å². The molecular weight excluding hydrogens is 208 g/mol. The Kier molecular flexibility index (Phi) is 3.71. The van der Waals surface area contributed by atoms with Crippen LogP contribution >= 0.6 is 0 Å². The standard InChI is InChI=1S/C10H14N4O2/c1-14(2)10(15)16-8-6-4-3-5-7(8)13-9(11)12/h3-6H,1-2H3,(H4,11,12,13). The minimum Gasteiger partial charge on any atom is -0.408 e. The number of benzene rings is 1. The molecule has 0 aromatic heterocycles. The largest absolute Gasteiger partial charge is 0.414 e. The summed E-state index contributed by atoms with van der Waals surface area (Å²) in [4.78, 5) is 16.5. The molecule has 0 saturated carbocycles. The number of amides is 1. The highest BCUT2D eigenvalue weighted by Crippen LogP contribution is 2.26. The van der Waals surface area contributed by atoms with Crippen LogP contribution in [0.15, 0.2) is 29.3 Å². The van der Waals surface area contributed by atoms with Gasteiger partial charge in [0.1, 0.15) is 5.69 Å². The summed E-state index contributed by atoms with van der Waals surface area (Å²) in [5.74, 6) is 0.225. The zero-order valence-corrected chi connectivity index (χ0v) is 9.18. The number of nitrogens with two attached hydrogens (primary N) is 2. The third kappa shape index (κ3) is 3.16. The van der Waals surface area contributed by atoms with Gasteiger partial charge >= 0.3 is 6.09 Å². The van der Waals surface area contributed by atoms with E-state index in [-0.39, 0.29) is 5.96 Å². The first kappa shape index (κ1) is 11.8. The fraction of sp³-hybridized carbons (Fsp3) is 0.200.